The third-order valence-electron chi connectivity index (χ3n) is 6.27. The minimum absolute atomic E-state index is 0.436. The number of pyridine rings is 1. The molecule has 1 fully saturated rings. The van der Waals surface area contributed by atoms with Crippen LogP contribution in [-0.4, -0.2) is 30.3 Å². The van der Waals surface area contributed by atoms with Crippen LogP contribution in [0.1, 0.15) is 81.9 Å². The van der Waals surface area contributed by atoms with E-state index in [2.05, 4.69) is 41.9 Å². The summed E-state index contributed by atoms with van der Waals surface area (Å²) in [6.45, 7) is 6.81. The van der Waals surface area contributed by atoms with Gasteiger partial charge in [0.15, 0.2) is 0 Å². The maximum absolute atomic E-state index is 4.85. The average Bonchev–Trinajstić information content (AvgIpc) is 2.80. The number of rotatable bonds is 11. The third-order valence-corrected chi connectivity index (χ3v) is 6.27. The fourth-order valence-corrected chi connectivity index (χ4v) is 4.45. The molecule has 0 spiro atoms. The van der Waals surface area contributed by atoms with Crippen molar-refractivity contribution in [2.75, 3.05) is 18.0 Å². The van der Waals surface area contributed by atoms with Crippen molar-refractivity contribution in [2.45, 2.75) is 84.1 Å². The normalized spacial score (nSPS) is 15.2. The predicted octanol–water partition coefficient (Wildman–Crippen LogP) is 6.63. The number of aryl methyl sites for hydroxylation is 1. The van der Waals surface area contributed by atoms with Crippen LogP contribution in [0, 0.1) is 0 Å². The fourth-order valence-electron chi connectivity index (χ4n) is 4.45. The molecule has 162 valence electrons. The molecule has 3 rings (SSSR count). The Kier molecular flexibility index (Phi) is 9.40. The van der Waals surface area contributed by atoms with E-state index in [1.165, 1.54) is 57.1 Å². The van der Waals surface area contributed by atoms with E-state index in [9.17, 15) is 0 Å². The summed E-state index contributed by atoms with van der Waals surface area (Å²) in [4.78, 5) is 11.6. The summed E-state index contributed by atoms with van der Waals surface area (Å²) in [5.41, 5.74) is 5.86. The first-order valence-electron chi connectivity index (χ1n) is 12.1. The maximum Gasteiger partial charge on any atom is 0.0533 e. The van der Waals surface area contributed by atoms with Crippen molar-refractivity contribution < 1.29 is 0 Å². The number of piperidine rings is 1. The molecule has 1 aromatic heterocycles. The lowest BCUT2D eigenvalue weighted by atomic mass is 9.94. The Morgan fingerprint density at radius 2 is 1.63 bits per heavy atom. The number of aliphatic imine (C=N–C) groups is 1. The number of nitrogens with zero attached hydrogens (tertiary/aromatic N) is 3. The number of hydrogen-bond donors (Lipinski definition) is 0. The first kappa shape index (κ1) is 22.5. The Balaban J connectivity index is 1.65. The smallest absolute Gasteiger partial charge is 0.0533 e. The van der Waals surface area contributed by atoms with Crippen molar-refractivity contribution in [3.8, 4) is 0 Å². The predicted molar refractivity (Wildman–Crippen MR) is 130 cm³/mol. The Bertz CT molecular complexity index is 761. The molecule has 1 aliphatic heterocycles. The van der Waals surface area contributed by atoms with Crippen LogP contribution in [0.15, 0.2) is 47.7 Å². The van der Waals surface area contributed by atoms with Gasteiger partial charge in [0.2, 0.25) is 0 Å². The molecule has 1 saturated heterocycles. The standard InChI is InChI=1S/C27H39N3/c1-3-5-7-10-24-11-9-13-27(26(24)12-8-6-4-2)30-20-16-25(17-21-30)29-22-23-14-18-28-19-15-23/h9,11,13-15,18-19,22,25H,3-8,10,12,16-17,20-21H2,1-2H3/b29-22+. The van der Waals surface area contributed by atoms with Crippen LogP contribution in [0.4, 0.5) is 5.69 Å². The van der Waals surface area contributed by atoms with Gasteiger partial charge in [-0.2, -0.15) is 0 Å². The van der Waals surface area contributed by atoms with Gasteiger partial charge in [0.1, 0.15) is 0 Å². The Hall–Kier alpha value is -2.16. The second kappa shape index (κ2) is 12.5. The number of unbranched alkanes of at least 4 members (excludes halogenated alkanes) is 4. The molecule has 0 aliphatic carbocycles. The van der Waals surface area contributed by atoms with Crippen molar-refractivity contribution in [2.24, 2.45) is 4.99 Å². The molecule has 1 aromatic carbocycles. The molecule has 3 heteroatoms. The SMILES string of the molecule is CCCCCc1cccc(N2CCC(/N=C/c3ccncc3)CC2)c1CCCCC. The van der Waals surface area contributed by atoms with E-state index in [-0.39, 0.29) is 0 Å². The molecule has 3 nitrogen and oxygen atoms in total. The van der Waals surface area contributed by atoms with Crippen LogP contribution in [0.3, 0.4) is 0 Å². The van der Waals surface area contributed by atoms with Crippen molar-refractivity contribution in [1.29, 1.82) is 0 Å². The summed E-state index contributed by atoms with van der Waals surface area (Å²) in [6, 6.07) is 11.5. The van der Waals surface area contributed by atoms with Crippen LogP contribution >= 0.6 is 0 Å². The summed E-state index contributed by atoms with van der Waals surface area (Å²) in [6.07, 6.45) is 18.3. The van der Waals surface area contributed by atoms with Gasteiger partial charge in [-0.25, -0.2) is 0 Å². The van der Waals surface area contributed by atoms with E-state index in [0.29, 0.717) is 6.04 Å². The van der Waals surface area contributed by atoms with Crippen molar-refractivity contribution >= 4 is 11.9 Å². The monoisotopic (exact) mass is 405 g/mol. The highest BCUT2D eigenvalue weighted by Gasteiger charge is 2.21. The summed E-state index contributed by atoms with van der Waals surface area (Å²) in [5, 5.41) is 0. The van der Waals surface area contributed by atoms with E-state index in [4.69, 9.17) is 4.99 Å². The zero-order chi connectivity index (χ0) is 21.0. The van der Waals surface area contributed by atoms with Gasteiger partial charge in [0, 0.05) is 37.4 Å². The molecule has 2 heterocycles. The first-order valence-corrected chi connectivity index (χ1v) is 12.1. The molecule has 0 bridgehead atoms. The minimum atomic E-state index is 0.436. The van der Waals surface area contributed by atoms with Crippen LogP contribution in [0.2, 0.25) is 0 Å². The van der Waals surface area contributed by atoms with E-state index >= 15 is 0 Å². The summed E-state index contributed by atoms with van der Waals surface area (Å²) in [5.74, 6) is 0. The number of aromatic nitrogens is 1. The van der Waals surface area contributed by atoms with Crippen LogP contribution < -0.4 is 4.90 Å². The van der Waals surface area contributed by atoms with Gasteiger partial charge in [-0.3, -0.25) is 9.98 Å². The zero-order valence-electron chi connectivity index (χ0n) is 19.0. The number of benzene rings is 1. The molecular weight excluding hydrogens is 366 g/mol. The van der Waals surface area contributed by atoms with Gasteiger partial charge in [-0.1, -0.05) is 51.7 Å². The highest BCUT2D eigenvalue weighted by atomic mass is 15.1. The summed E-state index contributed by atoms with van der Waals surface area (Å²) < 4.78 is 0. The summed E-state index contributed by atoms with van der Waals surface area (Å²) >= 11 is 0. The highest BCUT2D eigenvalue weighted by molar-refractivity contribution is 5.79. The van der Waals surface area contributed by atoms with Crippen molar-refractivity contribution in [1.82, 2.24) is 4.98 Å². The van der Waals surface area contributed by atoms with Crippen LogP contribution in [0.25, 0.3) is 0 Å². The average molecular weight is 406 g/mol. The third kappa shape index (κ3) is 6.68. The molecule has 0 atom stereocenters. The van der Waals surface area contributed by atoms with Gasteiger partial charge in [0.05, 0.1) is 6.04 Å². The topological polar surface area (TPSA) is 28.5 Å². The lowest BCUT2D eigenvalue weighted by Crippen LogP contribution is -2.36. The largest absolute Gasteiger partial charge is 0.371 e. The minimum Gasteiger partial charge on any atom is -0.371 e. The molecule has 1 aliphatic rings. The lowest BCUT2D eigenvalue weighted by Gasteiger charge is -2.34. The number of hydrogen-bond acceptors (Lipinski definition) is 3. The Morgan fingerprint density at radius 3 is 2.33 bits per heavy atom. The quantitative estimate of drug-likeness (QED) is 0.310. The van der Waals surface area contributed by atoms with Crippen molar-refractivity contribution in [3.05, 3.63) is 59.4 Å². The van der Waals surface area contributed by atoms with Gasteiger partial charge >= 0.3 is 0 Å². The lowest BCUT2D eigenvalue weighted by molar-refractivity contribution is 0.503. The zero-order valence-corrected chi connectivity index (χ0v) is 19.0. The Morgan fingerprint density at radius 1 is 0.933 bits per heavy atom. The molecule has 0 N–H and O–H groups in total. The maximum atomic E-state index is 4.85. The van der Waals surface area contributed by atoms with E-state index in [0.717, 1.165) is 31.5 Å². The molecule has 0 amide bonds. The Labute approximate surface area is 183 Å². The van der Waals surface area contributed by atoms with E-state index < -0.39 is 0 Å². The van der Waals surface area contributed by atoms with Gasteiger partial charge in [0.25, 0.3) is 0 Å². The van der Waals surface area contributed by atoms with Crippen molar-refractivity contribution in [3.63, 3.8) is 0 Å². The fraction of sp³-hybridized carbons (Fsp3) is 0.556. The number of anilines is 1. The van der Waals surface area contributed by atoms with Gasteiger partial charge in [-0.15, -0.1) is 0 Å². The molecule has 0 radical (unpaired) electrons. The second-order valence-corrected chi connectivity index (χ2v) is 8.61. The molecular formula is C27H39N3. The first-order chi connectivity index (χ1) is 14.8. The molecule has 0 unspecified atom stereocenters. The summed E-state index contributed by atoms with van der Waals surface area (Å²) in [7, 11) is 0. The van der Waals surface area contributed by atoms with Gasteiger partial charge in [-0.05, 0) is 73.4 Å². The highest BCUT2D eigenvalue weighted by Crippen LogP contribution is 2.30. The van der Waals surface area contributed by atoms with Gasteiger partial charge < -0.3 is 4.90 Å². The molecule has 30 heavy (non-hydrogen) atoms. The van der Waals surface area contributed by atoms with E-state index in [1.54, 1.807) is 11.1 Å². The molecule has 2 aromatic rings. The van der Waals surface area contributed by atoms with E-state index in [1.807, 2.05) is 30.7 Å². The second-order valence-electron chi connectivity index (χ2n) is 8.61. The molecule has 0 saturated carbocycles. The van der Waals surface area contributed by atoms with Crippen LogP contribution in [0.5, 0.6) is 0 Å². The van der Waals surface area contributed by atoms with Crippen LogP contribution in [-0.2, 0) is 12.8 Å².